The number of rotatable bonds is 5. The van der Waals surface area contributed by atoms with Gasteiger partial charge >= 0.3 is 0 Å². The van der Waals surface area contributed by atoms with E-state index in [9.17, 15) is 5.11 Å². The molecule has 0 fully saturated rings. The lowest BCUT2D eigenvalue weighted by atomic mass is 10.0. The van der Waals surface area contributed by atoms with Crippen molar-refractivity contribution in [3.63, 3.8) is 0 Å². The number of aliphatic hydroxyl groups excluding tert-OH is 1. The molecule has 0 aromatic heterocycles. The van der Waals surface area contributed by atoms with Crippen LogP contribution in [0, 0.1) is 6.92 Å². The quantitative estimate of drug-likeness (QED) is 0.907. The summed E-state index contributed by atoms with van der Waals surface area (Å²) in [6.07, 6.45) is 3.49. The van der Waals surface area contributed by atoms with Crippen LogP contribution < -0.4 is 4.74 Å². The fourth-order valence-electron chi connectivity index (χ4n) is 2.44. The van der Waals surface area contributed by atoms with Gasteiger partial charge in [-0.15, -0.1) is 0 Å². The molecule has 20 heavy (non-hydrogen) atoms. The Morgan fingerprint density at radius 1 is 1.40 bits per heavy atom. The smallest absolute Gasteiger partial charge is 0.121 e. The fraction of sp³-hybridized carbons (Fsp3) is 0.500. The van der Waals surface area contributed by atoms with E-state index in [0.717, 1.165) is 30.6 Å². The summed E-state index contributed by atoms with van der Waals surface area (Å²) in [6, 6.07) is 6.12. The standard InChI is InChI=1S/C16H21ClO3/c1-11-10-12(6-7-14(11)19-2)8-9-20-15-5-3-4-13(17)16(15)18/h4,6-7,10,15-16,18H,3,5,8-9H2,1-2H3/t15-,16+/m0/s1. The minimum atomic E-state index is -0.678. The lowest BCUT2D eigenvalue weighted by Crippen LogP contribution is -2.32. The first-order valence-electron chi connectivity index (χ1n) is 6.90. The number of aryl methyl sites for hydroxylation is 1. The van der Waals surface area contributed by atoms with Gasteiger partial charge in [-0.25, -0.2) is 0 Å². The van der Waals surface area contributed by atoms with Crippen molar-refractivity contribution in [1.29, 1.82) is 0 Å². The molecular formula is C16H21ClO3. The molecule has 1 aromatic rings. The maximum atomic E-state index is 9.91. The lowest BCUT2D eigenvalue weighted by molar-refractivity contribution is -0.0256. The Morgan fingerprint density at radius 2 is 2.20 bits per heavy atom. The Labute approximate surface area is 125 Å². The van der Waals surface area contributed by atoms with E-state index in [1.807, 2.05) is 25.1 Å². The van der Waals surface area contributed by atoms with Gasteiger partial charge in [-0.3, -0.25) is 0 Å². The molecule has 0 unspecified atom stereocenters. The summed E-state index contributed by atoms with van der Waals surface area (Å²) in [7, 11) is 1.67. The van der Waals surface area contributed by atoms with Crippen molar-refractivity contribution in [3.05, 3.63) is 40.4 Å². The van der Waals surface area contributed by atoms with Crippen LogP contribution in [0.15, 0.2) is 29.3 Å². The van der Waals surface area contributed by atoms with Gasteiger partial charge in [-0.05, 0) is 43.4 Å². The van der Waals surface area contributed by atoms with E-state index in [0.29, 0.717) is 11.6 Å². The second kappa shape index (κ2) is 7.11. The summed E-state index contributed by atoms with van der Waals surface area (Å²) in [6.45, 7) is 2.61. The molecule has 2 atom stereocenters. The highest BCUT2D eigenvalue weighted by Crippen LogP contribution is 2.24. The molecule has 0 heterocycles. The van der Waals surface area contributed by atoms with Crippen LogP contribution >= 0.6 is 11.6 Å². The van der Waals surface area contributed by atoms with Gasteiger partial charge in [0, 0.05) is 5.03 Å². The highest BCUT2D eigenvalue weighted by molar-refractivity contribution is 6.30. The first-order chi connectivity index (χ1) is 9.61. The summed E-state index contributed by atoms with van der Waals surface area (Å²) in [5.41, 5.74) is 2.32. The zero-order chi connectivity index (χ0) is 14.5. The molecule has 0 saturated heterocycles. The summed E-state index contributed by atoms with van der Waals surface area (Å²) in [5.74, 6) is 0.897. The van der Waals surface area contributed by atoms with Gasteiger partial charge in [0.15, 0.2) is 0 Å². The molecule has 1 aliphatic carbocycles. The minimum absolute atomic E-state index is 0.188. The average Bonchev–Trinajstić information content (AvgIpc) is 2.44. The molecule has 4 heteroatoms. The van der Waals surface area contributed by atoms with Gasteiger partial charge in [0.05, 0.1) is 19.8 Å². The van der Waals surface area contributed by atoms with Crippen molar-refractivity contribution in [2.24, 2.45) is 0 Å². The van der Waals surface area contributed by atoms with E-state index in [1.54, 1.807) is 7.11 Å². The SMILES string of the molecule is COc1ccc(CCO[C@H]2CCC=C(Cl)[C@H]2O)cc1C. The molecule has 0 aliphatic heterocycles. The van der Waals surface area contributed by atoms with Gasteiger partial charge in [0.25, 0.3) is 0 Å². The minimum Gasteiger partial charge on any atom is -0.496 e. The van der Waals surface area contributed by atoms with Crippen molar-refractivity contribution in [1.82, 2.24) is 0 Å². The zero-order valence-electron chi connectivity index (χ0n) is 11.9. The molecule has 110 valence electrons. The third-order valence-electron chi connectivity index (χ3n) is 3.61. The summed E-state index contributed by atoms with van der Waals surface area (Å²) in [4.78, 5) is 0. The van der Waals surface area contributed by atoms with Gasteiger partial charge in [-0.2, -0.15) is 0 Å². The van der Waals surface area contributed by atoms with Crippen LogP contribution in [0.2, 0.25) is 0 Å². The van der Waals surface area contributed by atoms with Crippen molar-refractivity contribution in [2.75, 3.05) is 13.7 Å². The molecular weight excluding hydrogens is 276 g/mol. The number of aliphatic hydroxyl groups is 1. The number of allylic oxidation sites excluding steroid dienone is 1. The normalized spacial score (nSPS) is 22.5. The third-order valence-corrected chi connectivity index (χ3v) is 3.99. The van der Waals surface area contributed by atoms with Gasteiger partial charge < -0.3 is 14.6 Å². The van der Waals surface area contributed by atoms with E-state index in [1.165, 1.54) is 5.56 Å². The second-order valence-corrected chi connectivity index (χ2v) is 5.51. The Hall–Kier alpha value is -1.03. The van der Waals surface area contributed by atoms with Crippen LogP contribution in [0.1, 0.15) is 24.0 Å². The molecule has 1 aliphatic rings. The average molecular weight is 297 g/mol. The number of ether oxygens (including phenoxy) is 2. The number of halogens is 1. The Morgan fingerprint density at radius 3 is 2.90 bits per heavy atom. The van der Waals surface area contributed by atoms with Crippen LogP contribution in [-0.2, 0) is 11.2 Å². The lowest BCUT2D eigenvalue weighted by Gasteiger charge is -2.26. The Balaban J connectivity index is 1.84. The predicted octanol–water partition coefficient (Wildman–Crippen LogP) is 3.21. The number of methoxy groups -OCH3 is 1. The monoisotopic (exact) mass is 296 g/mol. The molecule has 0 saturated carbocycles. The molecule has 3 nitrogen and oxygen atoms in total. The largest absolute Gasteiger partial charge is 0.496 e. The van der Waals surface area contributed by atoms with E-state index in [2.05, 4.69) is 6.07 Å². The predicted molar refractivity (Wildman–Crippen MR) is 80.4 cm³/mol. The molecule has 0 amide bonds. The number of hydrogen-bond acceptors (Lipinski definition) is 3. The second-order valence-electron chi connectivity index (χ2n) is 5.07. The highest BCUT2D eigenvalue weighted by atomic mass is 35.5. The van der Waals surface area contributed by atoms with Crippen molar-refractivity contribution in [2.45, 2.75) is 38.4 Å². The number of hydrogen-bond donors (Lipinski definition) is 1. The summed E-state index contributed by atoms with van der Waals surface area (Å²) in [5, 5.41) is 10.4. The first kappa shape index (κ1) is 15.4. The molecule has 1 aromatic carbocycles. The van der Waals surface area contributed by atoms with Gasteiger partial charge in [-0.1, -0.05) is 29.8 Å². The molecule has 2 rings (SSSR count). The van der Waals surface area contributed by atoms with Crippen LogP contribution in [0.5, 0.6) is 5.75 Å². The van der Waals surface area contributed by atoms with Crippen LogP contribution in [0.4, 0.5) is 0 Å². The van der Waals surface area contributed by atoms with Crippen LogP contribution in [0.3, 0.4) is 0 Å². The zero-order valence-corrected chi connectivity index (χ0v) is 12.7. The van der Waals surface area contributed by atoms with E-state index < -0.39 is 6.10 Å². The van der Waals surface area contributed by atoms with Crippen molar-refractivity contribution >= 4 is 11.6 Å². The van der Waals surface area contributed by atoms with Crippen LogP contribution in [-0.4, -0.2) is 31.0 Å². The molecule has 1 N–H and O–H groups in total. The summed E-state index contributed by atoms with van der Waals surface area (Å²) < 4.78 is 11.0. The molecule has 0 bridgehead atoms. The maximum absolute atomic E-state index is 9.91. The van der Waals surface area contributed by atoms with E-state index >= 15 is 0 Å². The first-order valence-corrected chi connectivity index (χ1v) is 7.28. The Kier molecular flexibility index (Phi) is 5.46. The van der Waals surface area contributed by atoms with Crippen molar-refractivity contribution in [3.8, 4) is 5.75 Å². The topological polar surface area (TPSA) is 38.7 Å². The fourth-order valence-corrected chi connectivity index (χ4v) is 2.69. The van der Waals surface area contributed by atoms with E-state index in [-0.39, 0.29) is 6.10 Å². The van der Waals surface area contributed by atoms with E-state index in [4.69, 9.17) is 21.1 Å². The van der Waals surface area contributed by atoms with Gasteiger partial charge in [0.2, 0.25) is 0 Å². The highest BCUT2D eigenvalue weighted by Gasteiger charge is 2.25. The summed E-state index contributed by atoms with van der Waals surface area (Å²) >= 11 is 5.93. The van der Waals surface area contributed by atoms with Crippen molar-refractivity contribution < 1.29 is 14.6 Å². The van der Waals surface area contributed by atoms with Crippen LogP contribution in [0.25, 0.3) is 0 Å². The number of benzene rings is 1. The maximum Gasteiger partial charge on any atom is 0.121 e. The van der Waals surface area contributed by atoms with Gasteiger partial charge in [0.1, 0.15) is 11.9 Å². The molecule has 0 radical (unpaired) electrons. The molecule has 0 spiro atoms. The Bertz CT molecular complexity index is 485. The third kappa shape index (κ3) is 3.75.